The van der Waals surface area contributed by atoms with Crippen LogP contribution in [0.25, 0.3) is 0 Å². The SMILES string of the molecule is C[C@@H]1O[C@@H](O[C@@H]2[C@@H](O)[C@H](C)O[C@@H](O)[C@@H]2O[C@@H]2O[C@@H](C)[C@@H](O)[C@@H](O)[C@@H]2O)[C@H](O)[C@H](O)[C@H]1O. The smallest absolute Gasteiger partial charge is 0.187 e. The Hall–Kier alpha value is -0.520. The van der Waals surface area contributed by atoms with E-state index in [1.54, 1.807) is 0 Å². The number of aliphatic hydroxyl groups excluding tert-OH is 8. The zero-order chi connectivity index (χ0) is 23.2. The van der Waals surface area contributed by atoms with Gasteiger partial charge in [0.05, 0.1) is 18.3 Å². The molecule has 0 aromatic carbocycles. The molecule has 3 rings (SSSR count). The first-order valence-corrected chi connectivity index (χ1v) is 10.2. The Morgan fingerprint density at radius 1 is 0.452 bits per heavy atom. The Labute approximate surface area is 178 Å². The van der Waals surface area contributed by atoms with E-state index in [0.29, 0.717) is 0 Å². The summed E-state index contributed by atoms with van der Waals surface area (Å²) in [6.07, 6.45) is -21.1. The van der Waals surface area contributed by atoms with E-state index in [2.05, 4.69) is 0 Å². The van der Waals surface area contributed by atoms with E-state index in [0.717, 1.165) is 0 Å². The molecule has 0 bridgehead atoms. The summed E-state index contributed by atoms with van der Waals surface area (Å²) in [6.45, 7) is 4.34. The number of ether oxygens (including phenoxy) is 5. The quantitative estimate of drug-likeness (QED) is 0.201. The molecule has 15 atom stereocenters. The lowest BCUT2D eigenvalue weighted by Crippen LogP contribution is -2.65. The van der Waals surface area contributed by atoms with Gasteiger partial charge in [-0.15, -0.1) is 0 Å². The van der Waals surface area contributed by atoms with Gasteiger partial charge in [-0.05, 0) is 20.8 Å². The summed E-state index contributed by atoms with van der Waals surface area (Å²) < 4.78 is 27.2. The van der Waals surface area contributed by atoms with E-state index in [1.807, 2.05) is 0 Å². The van der Waals surface area contributed by atoms with Gasteiger partial charge in [-0.3, -0.25) is 0 Å². The summed E-state index contributed by atoms with van der Waals surface area (Å²) in [5.41, 5.74) is 0. The van der Waals surface area contributed by atoms with Crippen molar-refractivity contribution in [2.45, 2.75) is 113 Å². The van der Waals surface area contributed by atoms with Crippen LogP contribution in [0.15, 0.2) is 0 Å². The van der Waals surface area contributed by atoms with Crippen molar-refractivity contribution in [3.63, 3.8) is 0 Å². The van der Waals surface area contributed by atoms with Gasteiger partial charge in [0.15, 0.2) is 18.9 Å². The first kappa shape index (κ1) is 25.1. The van der Waals surface area contributed by atoms with E-state index >= 15 is 0 Å². The summed E-state index contributed by atoms with van der Waals surface area (Å²) in [4.78, 5) is 0. The molecule has 0 spiro atoms. The highest BCUT2D eigenvalue weighted by molar-refractivity contribution is 4.94. The number of aliphatic hydroxyl groups is 8. The van der Waals surface area contributed by atoms with Gasteiger partial charge >= 0.3 is 0 Å². The van der Waals surface area contributed by atoms with Gasteiger partial charge in [0.2, 0.25) is 0 Å². The Bertz CT molecular complexity index is 595. The van der Waals surface area contributed by atoms with Crippen molar-refractivity contribution >= 4 is 0 Å². The average Bonchev–Trinajstić information content (AvgIpc) is 2.72. The van der Waals surface area contributed by atoms with Crippen LogP contribution in [0.3, 0.4) is 0 Å². The third-order valence-electron chi connectivity index (χ3n) is 5.98. The van der Waals surface area contributed by atoms with Crippen LogP contribution in [-0.2, 0) is 23.7 Å². The zero-order valence-electron chi connectivity index (χ0n) is 17.3. The summed E-state index contributed by atoms with van der Waals surface area (Å²) in [5, 5.41) is 81.0. The van der Waals surface area contributed by atoms with Crippen LogP contribution in [0, 0.1) is 0 Å². The highest BCUT2D eigenvalue weighted by atomic mass is 16.8. The summed E-state index contributed by atoms with van der Waals surface area (Å²) in [6, 6.07) is 0. The minimum atomic E-state index is -1.69. The molecule has 3 saturated heterocycles. The largest absolute Gasteiger partial charge is 0.388 e. The van der Waals surface area contributed by atoms with E-state index < -0.39 is 92.1 Å². The fraction of sp³-hybridized carbons (Fsp3) is 1.00. The fourth-order valence-corrected chi connectivity index (χ4v) is 3.87. The molecule has 13 nitrogen and oxygen atoms in total. The topological polar surface area (TPSA) is 208 Å². The molecule has 0 aromatic heterocycles. The predicted octanol–water partition coefficient (Wildman–Crippen LogP) is -4.49. The highest BCUT2D eigenvalue weighted by Crippen LogP contribution is 2.32. The molecule has 8 N–H and O–H groups in total. The van der Waals surface area contributed by atoms with Crippen molar-refractivity contribution in [1.82, 2.24) is 0 Å². The first-order chi connectivity index (χ1) is 14.4. The van der Waals surface area contributed by atoms with Gasteiger partial charge in [0.1, 0.15) is 54.9 Å². The molecule has 3 fully saturated rings. The average molecular weight is 456 g/mol. The van der Waals surface area contributed by atoms with E-state index in [1.165, 1.54) is 20.8 Å². The molecular formula is C18H32O13. The van der Waals surface area contributed by atoms with Gasteiger partial charge in [-0.2, -0.15) is 0 Å². The molecule has 31 heavy (non-hydrogen) atoms. The van der Waals surface area contributed by atoms with Crippen LogP contribution in [0.4, 0.5) is 0 Å². The lowest BCUT2D eigenvalue weighted by atomic mass is 9.97. The fourth-order valence-electron chi connectivity index (χ4n) is 3.87. The van der Waals surface area contributed by atoms with Crippen LogP contribution < -0.4 is 0 Å². The minimum Gasteiger partial charge on any atom is -0.388 e. The maximum Gasteiger partial charge on any atom is 0.187 e. The first-order valence-electron chi connectivity index (χ1n) is 10.2. The Morgan fingerprint density at radius 2 is 0.839 bits per heavy atom. The Morgan fingerprint density at radius 3 is 1.29 bits per heavy atom. The van der Waals surface area contributed by atoms with Gasteiger partial charge < -0.3 is 64.5 Å². The van der Waals surface area contributed by atoms with Crippen molar-refractivity contribution < 1.29 is 64.5 Å². The Kier molecular flexibility index (Phi) is 7.91. The molecular weight excluding hydrogens is 424 g/mol. The maximum absolute atomic E-state index is 10.6. The minimum absolute atomic E-state index is 0.914. The third-order valence-corrected chi connectivity index (χ3v) is 5.98. The van der Waals surface area contributed by atoms with Crippen LogP contribution in [0.5, 0.6) is 0 Å². The molecule has 3 aliphatic heterocycles. The molecule has 0 aromatic rings. The molecule has 0 amide bonds. The van der Waals surface area contributed by atoms with Gasteiger partial charge in [0, 0.05) is 0 Å². The van der Waals surface area contributed by atoms with Crippen LogP contribution in [0.1, 0.15) is 20.8 Å². The molecule has 3 heterocycles. The van der Waals surface area contributed by atoms with Gasteiger partial charge in [-0.1, -0.05) is 0 Å². The van der Waals surface area contributed by atoms with Crippen LogP contribution in [0.2, 0.25) is 0 Å². The second-order valence-electron chi connectivity index (χ2n) is 8.29. The van der Waals surface area contributed by atoms with Crippen molar-refractivity contribution in [2.24, 2.45) is 0 Å². The standard InChI is InChI=1S/C18H32O13/c1-4-7(19)10(22)12(24)17(28-4)30-14-9(21)6(3)27-16(26)15(14)31-18-13(25)11(23)8(20)5(2)29-18/h4-26H,1-3H3/t4-,5-,6-,7-,8+,9-,10+,11+,12+,13-,14+,15+,16+,17-,18-/m0/s1. The second-order valence-corrected chi connectivity index (χ2v) is 8.29. The van der Waals surface area contributed by atoms with E-state index in [4.69, 9.17) is 23.7 Å². The monoisotopic (exact) mass is 456 g/mol. The molecule has 0 aliphatic carbocycles. The Balaban J connectivity index is 1.78. The summed E-state index contributed by atoms with van der Waals surface area (Å²) in [7, 11) is 0. The number of hydrogen-bond acceptors (Lipinski definition) is 13. The van der Waals surface area contributed by atoms with Gasteiger partial charge in [0.25, 0.3) is 0 Å². The third kappa shape index (κ3) is 4.89. The maximum atomic E-state index is 10.6. The highest BCUT2D eigenvalue weighted by Gasteiger charge is 2.52. The molecule has 0 radical (unpaired) electrons. The van der Waals surface area contributed by atoms with Crippen molar-refractivity contribution in [3.8, 4) is 0 Å². The van der Waals surface area contributed by atoms with Crippen molar-refractivity contribution in [2.75, 3.05) is 0 Å². The number of rotatable bonds is 4. The van der Waals surface area contributed by atoms with Gasteiger partial charge in [-0.25, -0.2) is 0 Å². The lowest BCUT2D eigenvalue weighted by molar-refractivity contribution is -0.382. The van der Waals surface area contributed by atoms with Crippen molar-refractivity contribution in [1.29, 1.82) is 0 Å². The van der Waals surface area contributed by atoms with Crippen molar-refractivity contribution in [3.05, 3.63) is 0 Å². The summed E-state index contributed by atoms with van der Waals surface area (Å²) in [5.74, 6) is 0. The van der Waals surface area contributed by atoms with E-state index in [9.17, 15) is 40.9 Å². The number of hydrogen-bond donors (Lipinski definition) is 8. The predicted molar refractivity (Wildman–Crippen MR) is 97.0 cm³/mol. The summed E-state index contributed by atoms with van der Waals surface area (Å²) >= 11 is 0. The molecule has 13 heteroatoms. The van der Waals surface area contributed by atoms with Crippen LogP contribution in [-0.4, -0.2) is 133 Å². The van der Waals surface area contributed by atoms with Crippen LogP contribution >= 0.6 is 0 Å². The molecule has 182 valence electrons. The molecule has 3 aliphatic rings. The van der Waals surface area contributed by atoms with E-state index in [-0.39, 0.29) is 0 Å². The lowest BCUT2D eigenvalue weighted by Gasteiger charge is -2.47. The molecule has 0 saturated carbocycles. The normalized spacial score (nSPS) is 56.4. The second kappa shape index (κ2) is 9.77. The molecule has 0 unspecified atom stereocenters. The zero-order valence-corrected chi connectivity index (χ0v) is 17.3.